The van der Waals surface area contributed by atoms with Crippen LogP contribution in [0.2, 0.25) is 5.02 Å². The molecule has 0 aliphatic rings. The van der Waals surface area contributed by atoms with E-state index in [4.69, 9.17) is 11.6 Å². The molecule has 2 aromatic carbocycles. The summed E-state index contributed by atoms with van der Waals surface area (Å²) in [6, 6.07) is 14.2. The lowest BCUT2D eigenvalue weighted by Crippen LogP contribution is -2.35. The summed E-state index contributed by atoms with van der Waals surface area (Å²) >= 11 is 5.95. The molecule has 0 fully saturated rings. The molecule has 1 aromatic heterocycles. The average Bonchev–Trinajstić information content (AvgIpc) is 2.57. The molecule has 122 valence electrons. The SMILES string of the molecule is CN(Cc1cccc(Cl)c1)C(=O)Cn1nnc2ccccc2c1=O. The monoisotopic (exact) mass is 342 g/mol. The minimum Gasteiger partial charge on any atom is -0.340 e. The van der Waals surface area contributed by atoms with E-state index >= 15 is 0 Å². The summed E-state index contributed by atoms with van der Waals surface area (Å²) in [5.41, 5.74) is 1.10. The van der Waals surface area contributed by atoms with E-state index in [0.717, 1.165) is 10.2 Å². The number of carbonyl (C=O) groups is 1. The quantitative estimate of drug-likeness (QED) is 0.728. The highest BCUT2D eigenvalue weighted by molar-refractivity contribution is 6.30. The second-order valence-electron chi connectivity index (χ2n) is 5.45. The van der Waals surface area contributed by atoms with Crippen LogP contribution < -0.4 is 5.56 Å². The van der Waals surface area contributed by atoms with E-state index in [0.29, 0.717) is 22.5 Å². The number of fused-ring (bicyclic) bond motifs is 1. The van der Waals surface area contributed by atoms with Gasteiger partial charge in [0.05, 0.1) is 5.39 Å². The zero-order valence-electron chi connectivity index (χ0n) is 13.0. The van der Waals surface area contributed by atoms with Gasteiger partial charge in [-0.05, 0) is 29.8 Å². The van der Waals surface area contributed by atoms with Crippen molar-refractivity contribution < 1.29 is 4.79 Å². The van der Waals surface area contributed by atoms with Gasteiger partial charge in [-0.2, -0.15) is 0 Å². The predicted molar refractivity (Wildman–Crippen MR) is 91.7 cm³/mol. The molecule has 0 bridgehead atoms. The first kappa shape index (κ1) is 16.1. The molecule has 0 N–H and O–H groups in total. The van der Waals surface area contributed by atoms with Crippen LogP contribution in [-0.2, 0) is 17.9 Å². The topological polar surface area (TPSA) is 68.1 Å². The van der Waals surface area contributed by atoms with E-state index < -0.39 is 0 Å². The fourth-order valence-corrected chi connectivity index (χ4v) is 2.59. The van der Waals surface area contributed by atoms with E-state index in [9.17, 15) is 9.59 Å². The maximum Gasteiger partial charge on any atom is 0.278 e. The van der Waals surface area contributed by atoms with Gasteiger partial charge in [0.1, 0.15) is 12.1 Å². The highest BCUT2D eigenvalue weighted by Crippen LogP contribution is 2.12. The van der Waals surface area contributed by atoms with Gasteiger partial charge >= 0.3 is 0 Å². The van der Waals surface area contributed by atoms with Crippen LogP contribution in [0.1, 0.15) is 5.56 Å². The van der Waals surface area contributed by atoms with Gasteiger partial charge in [0.15, 0.2) is 0 Å². The van der Waals surface area contributed by atoms with Crippen molar-refractivity contribution in [3.05, 3.63) is 69.5 Å². The number of amides is 1. The van der Waals surface area contributed by atoms with Crippen LogP contribution in [0.3, 0.4) is 0 Å². The third kappa shape index (κ3) is 3.44. The molecule has 6 nitrogen and oxygen atoms in total. The lowest BCUT2D eigenvalue weighted by atomic mass is 10.2. The second kappa shape index (κ2) is 6.80. The lowest BCUT2D eigenvalue weighted by molar-refractivity contribution is -0.131. The van der Waals surface area contributed by atoms with Crippen LogP contribution >= 0.6 is 11.6 Å². The van der Waals surface area contributed by atoms with Crippen LogP contribution in [0.25, 0.3) is 10.9 Å². The minimum absolute atomic E-state index is 0.159. The maximum atomic E-state index is 12.4. The summed E-state index contributed by atoms with van der Waals surface area (Å²) in [7, 11) is 1.67. The molecular weight excluding hydrogens is 328 g/mol. The third-order valence-corrected chi connectivity index (χ3v) is 3.88. The fraction of sp³-hybridized carbons (Fsp3) is 0.176. The summed E-state index contributed by atoms with van der Waals surface area (Å²) in [5.74, 6) is -0.235. The Labute approximate surface area is 143 Å². The first-order chi connectivity index (χ1) is 11.5. The van der Waals surface area contributed by atoms with Gasteiger partial charge in [-0.1, -0.05) is 41.1 Å². The molecule has 0 aliphatic heterocycles. The standard InChI is InChI=1S/C17H15ClN4O2/c1-21(10-12-5-4-6-13(18)9-12)16(23)11-22-17(24)14-7-2-3-8-15(14)19-20-22/h2-9H,10-11H2,1H3. The van der Waals surface area contributed by atoms with E-state index in [2.05, 4.69) is 10.3 Å². The molecule has 3 aromatic rings. The summed E-state index contributed by atoms with van der Waals surface area (Å²) in [4.78, 5) is 26.2. The summed E-state index contributed by atoms with van der Waals surface area (Å²) in [6.07, 6.45) is 0. The fourth-order valence-electron chi connectivity index (χ4n) is 2.37. The molecular formula is C17H15ClN4O2. The van der Waals surface area contributed by atoms with Crippen molar-refractivity contribution in [3.63, 3.8) is 0 Å². The summed E-state index contributed by atoms with van der Waals surface area (Å²) in [5, 5.41) is 8.87. The molecule has 0 aliphatic carbocycles. The zero-order valence-corrected chi connectivity index (χ0v) is 13.8. The minimum atomic E-state index is -0.329. The van der Waals surface area contributed by atoms with Gasteiger partial charge in [-0.25, -0.2) is 4.68 Å². The highest BCUT2D eigenvalue weighted by atomic mass is 35.5. The Balaban J connectivity index is 1.77. The van der Waals surface area contributed by atoms with Gasteiger partial charge in [-0.3, -0.25) is 9.59 Å². The van der Waals surface area contributed by atoms with E-state index in [1.807, 2.05) is 12.1 Å². The molecule has 24 heavy (non-hydrogen) atoms. The van der Waals surface area contributed by atoms with E-state index in [-0.39, 0.29) is 18.0 Å². The Hall–Kier alpha value is -2.73. The van der Waals surface area contributed by atoms with Crippen molar-refractivity contribution >= 4 is 28.4 Å². The number of hydrogen-bond donors (Lipinski definition) is 0. The van der Waals surface area contributed by atoms with Crippen molar-refractivity contribution in [3.8, 4) is 0 Å². The first-order valence-electron chi connectivity index (χ1n) is 7.35. The predicted octanol–water partition coefficient (Wildman–Crippen LogP) is 2.10. The Bertz CT molecular complexity index is 954. The normalized spacial score (nSPS) is 10.8. The van der Waals surface area contributed by atoms with Gasteiger partial charge in [-0.15, -0.1) is 5.10 Å². The molecule has 3 rings (SSSR count). The van der Waals surface area contributed by atoms with Crippen LogP contribution in [0.5, 0.6) is 0 Å². The van der Waals surface area contributed by atoms with Crippen molar-refractivity contribution in [2.75, 3.05) is 7.05 Å². The molecule has 1 heterocycles. The Morgan fingerprint density at radius 2 is 2.00 bits per heavy atom. The van der Waals surface area contributed by atoms with E-state index in [1.54, 1.807) is 43.4 Å². The number of likely N-dealkylation sites (N-methyl/N-ethyl adjacent to an activating group) is 1. The van der Waals surface area contributed by atoms with E-state index in [1.165, 1.54) is 4.90 Å². The van der Waals surface area contributed by atoms with Gasteiger partial charge in [0, 0.05) is 18.6 Å². The number of aromatic nitrogens is 3. The third-order valence-electron chi connectivity index (χ3n) is 3.65. The van der Waals surface area contributed by atoms with Gasteiger partial charge < -0.3 is 4.90 Å². The maximum absolute atomic E-state index is 12.4. The van der Waals surface area contributed by atoms with Crippen LogP contribution in [0, 0.1) is 0 Å². The number of benzene rings is 2. The highest BCUT2D eigenvalue weighted by Gasteiger charge is 2.13. The molecule has 7 heteroatoms. The molecule has 0 saturated heterocycles. The summed E-state index contributed by atoms with van der Waals surface area (Å²) in [6.45, 7) is 0.239. The lowest BCUT2D eigenvalue weighted by Gasteiger charge is -2.17. The number of halogens is 1. The molecule has 1 amide bonds. The van der Waals surface area contributed by atoms with Crippen molar-refractivity contribution in [2.24, 2.45) is 0 Å². The van der Waals surface area contributed by atoms with Crippen LogP contribution in [0.4, 0.5) is 0 Å². The molecule has 0 unspecified atom stereocenters. The first-order valence-corrected chi connectivity index (χ1v) is 7.73. The molecule has 0 atom stereocenters. The summed E-state index contributed by atoms with van der Waals surface area (Å²) < 4.78 is 1.08. The van der Waals surface area contributed by atoms with Crippen molar-refractivity contribution in [1.82, 2.24) is 19.9 Å². The number of nitrogens with zero attached hydrogens (tertiary/aromatic N) is 4. The molecule has 0 radical (unpaired) electrons. The average molecular weight is 343 g/mol. The van der Waals surface area contributed by atoms with Crippen molar-refractivity contribution in [2.45, 2.75) is 13.1 Å². The molecule has 0 spiro atoms. The number of hydrogen-bond acceptors (Lipinski definition) is 4. The second-order valence-corrected chi connectivity index (χ2v) is 5.89. The number of rotatable bonds is 4. The van der Waals surface area contributed by atoms with Gasteiger partial charge in [0.2, 0.25) is 5.91 Å². The van der Waals surface area contributed by atoms with Crippen molar-refractivity contribution in [1.29, 1.82) is 0 Å². The number of carbonyl (C=O) groups excluding carboxylic acids is 1. The Morgan fingerprint density at radius 3 is 2.79 bits per heavy atom. The Kier molecular flexibility index (Phi) is 4.57. The Morgan fingerprint density at radius 1 is 1.21 bits per heavy atom. The smallest absolute Gasteiger partial charge is 0.278 e. The van der Waals surface area contributed by atoms with Crippen LogP contribution in [-0.4, -0.2) is 32.8 Å². The van der Waals surface area contributed by atoms with Gasteiger partial charge in [0.25, 0.3) is 5.56 Å². The largest absolute Gasteiger partial charge is 0.340 e. The van der Waals surface area contributed by atoms with Crippen LogP contribution in [0.15, 0.2) is 53.3 Å². The zero-order chi connectivity index (χ0) is 17.1. The molecule has 0 saturated carbocycles.